The normalized spacial score (nSPS) is 21.9. The molecule has 0 saturated heterocycles. The Morgan fingerprint density at radius 2 is 1.85 bits per heavy atom. The van der Waals surface area contributed by atoms with Crippen LogP contribution in [0.5, 0.6) is 5.88 Å². The van der Waals surface area contributed by atoms with Crippen LogP contribution < -0.4 is 5.32 Å². The van der Waals surface area contributed by atoms with Crippen molar-refractivity contribution >= 4 is 23.5 Å². The first-order valence-electron chi connectivity index (χ1n) is 10.0. The highest BCUT2D eigenvalue weighted by molar-refractivity contribution is 6.30. The van der Waals surface area contributed by atoms with Crippen LogP contribution in [0.25, 0.3) is 11.1 Å². The third-order valence-electron chi connectivity index (χ3n) is 5.95. The van der Waals surface area contributed by atoms with Crippen molar-refractivity contribution in [3.05, 3.63) is 70.7 Å². The molecule has 1 aliphatic carbocycles. The van der Waals surface area contributed by atoms with E-state index in [4.69, 9.17) is 16.1 Å². The van der Waals surface area contributed by atoms with Gasteiger partial charge in [-0.2, -0.15) is 0 Å². The van der Waals surface area contributed by atoms with Crippen molar-refractivity contribution in [1.29, 1.82) is 0 Å². The number of carbonyl (C=O) groups excluding carboxylic acids is 1. The van der Waals surface area contributed by atoms with Gasteiger partial charge < -0.3 is 25.2 Å². The second-order valence-electron chi connectivity index (χ2n) is 8.38. The number of rotatable bonds is 7. The molecule has 0 spiro atoms. The van der Waals surface area contributed by atoms with Crippen LogP contribution in [-0.4, -0.2) is 44.5 Å². The molecule has 8 nitrogen and oxygen atoms in total. The number of carboxylic acids is 1. The molecule has 172 valence electrons. The van der Waals surface area contributed by atoms with E-state index < -0.39 is 41.1 Å². The van der Waals surface area contributed by atoms with Crippen LogP contribution in [0.1, 0.15) is 29.0 Å². The van der Waals surface area contributed by atoms with Crippen LogP contribution in [0.4, 0.5) is 4.39 Å². The van der Waals surface area contributed by atoms with Gasteiger partial charge in [0.15, 0.2) is 0 Å². The Labute approximate surface area is 192 Å². The minimum atomic E-state index is -1.37. The molecule has 0 unspecified atom stereocenters. The van der Waals surface area contributed by atoms with Gasteiger partial charge in [0.2, 0.25) is 5.76 Å². The number of carbonyl (C=O) groups is 2. The second-order valence-corrected chi connectivity index (χ2v) is 8.82. The zero-order valence-corrected chi connectivity index (χ0v) is 18.0. The summed E-state index contributed by atoms with van der Waals surface area (Å²) in [6, 6.07) is 12.2. The summed E-state index contributed by atoms with van der Waals surface area (Å²) in [6.45, 7) is -0.573. The fourth-order valence-corrected chi connectivity index (χ4v) is 4.59. The average molecular weight is 475 g/mol. The predicted octanol–water partition coefficient (Wildman–Crippen LogP) is 3.41. The largest absolute Gasteiger partial charge is 0.491 e. The number of aromatic nitrogens is 1. The van der Waals surface area contributed by atoms with Gasteiger partial charge in [0, 0.05) is 16.1 Å². The Morgan fingerprint density at radius 3 is 2.42 bits per heavy atom. The van der Waals surface area contributed by atoms with Crippen molar-refractivity contribution < 1.29 is 33.8 Å². The number of aliphatic hydroxyl groups excluding tert-OH is 1. The van der Waals surface area contributed by atoms with Gasteiger partial charge in [0.1, 0.15) is 5.82 Å². The van der Waals surface area contributed by atoms with Gasteiger partial charge >= 0.3 is 5.97 Å². The van der Waals surface area contributed by atoms with Crippen LogP contribution in [0.3, 0.4) is 0 Å². The maximum Gasteiger partial charge on any atom is 0.312 e. The van der Waals surface area contributed by atoms with Crippen LogP contribution in [0, 0.1) is 11.2 Å². The number of carboxylic acid groups (broad SMARTS) is 1. The van der Waals surface area contributed by atoms with Gasteiger partial charge in [-0.15, -0.1) is 0 Å². The summed E-state index contributed by atoms with van der Waals surface area (Å²) >= 11 is 5.98. The fraction of sp³-hybridized carbons (Fsp3) is 0.261. The lowest BCUT2D eigenvalue weighted by atomic mass is 9.55. The monoisotopic (exact) mass is 474 g/mol. The Morgan fingerprint density at radius 1 is 1.15 bits per heavy atom. The van der Waals surface area contributed by atoms with Gasteiger partial charge in [-0.1, -0.05) is 35.9 Å². The number of aliphatic hydroxyl groups is 1. The first kappa shape index (κ1) is 22.8. The van der Waals surface area contributed by atoms with Gasteiger partial charge in [0.05, 0.1) is 18.1 Å². The van der Waals surface area contributed by atoms with E-state index in [0.717, 1.165) is 11.6 Å². The van der Waals surface area contributed by atoms with Gasteiger partial charge in [-0.05, 0) is 53.7 Å². The standard InChI is InChI=1S/C23H20ClFN2O6/c24-15-5-6-17(25)16(7-15)14-3-1-13(2-4-14)9-23(10-22(11-23,12-28)21(31)32)26-20(30)18-8-19(29)27-33-18/h1-8,28H,9-12H2,(H,26,30)(H,27,29)(H,31,32)/t22-,23-. The Bertz CT molecular complexity index is 1200. The molecule has 4 N–H and O–H groups in total. The lowest BCUT2D eigenvalue weighted by Gasteiger charge is -2.53. The maximum absolute atomic E-state index is 14.2. The zero-order valence-electron chi connectivity index (χ0n) is 17.2. The number of aromatic hydroxyl groups is 1. The summed E-state index contributed by atoms with van der Waals surface area (Å²) in [4.78, 5) is 24.3. The Kier molecular flexibility index (Phi) is 5.85. The summed E-state index contributed by atoms with van der Waals surface area (Å²) in [5.41, 5.74) is -0.642. The molecule has 1 aliphatic rings. The van der Waals surface area contributed by atoms with Crippen LogP contribution in [0.2, 0.25) is 5.02 Å². The number of hydrogen-bond acceptors (Lipinski definition) is 6. The summed E-state index contributed by atoms with van der Waals surface area (Å²) in [5.74, 6) is -2.92. The second kappa shape index (κ2) is 8.49. The lowest BCUT2D eigenvalue weighted by Crippen LogP contribution is -2.66. The van der Waals surface area contributed by atoms with E-state index in [1.54, 1.807) is 24.3 Å². The molecule has 1 aromatic heterocycles. The summed E-state index contributed by atoms with van der Waals surface area (Å²) < 4.78 is 19.0. The van der Waals surface area contributed by atoms with E-state index in [9.17, 15) is 29.3 Å². The highest BCUT2D eigenvalue weighted by Crippen LogP contribution is 2.50. The molecule has 1 fully saturated rings. The van der Waals surface area contributed by atoms with E-state index in [-0.39, 0.29) is 25.0 Å². The van der Waals surface area contributed by atoms with Crippen molar-refractivity contribution in [2.45, 2.75) is 24.8 Å². The van der Waals surface area contributed by atoms with Gasteiger partial charge in [-0.3, -0.25) is 9.59 Å². The van der Waals surface area contributed by atoms with Crippen molar-refractivity contribution in [2.75, 3.05) is 6.61 Å². The molecular formula is C23H20ClFN2O6. The van der Waals surface area contributed by atoms with Crippen molar-refractivity contribution in [2.24, 2.45) is 5.41 Å². The molecule has 1 amide bonds. The number of halogens is 2. The van der Waals surface area contributed by atoms with Gasteiger partial charge in [0.25, 0.3) is 11.8 Å². The van der Waals surface area contributed by atoms with E-state index in [2.05, 4.69) is 10.5 Å². The summed E-state index contributed by atoms with van der Waals surface area (Å²) in [5, 5.41) is 35.0. The lowest BCUT2D eigenvalue weighted by molar-refractivity contribution is -0.165. The molecule has 10 heteroatoms. The molecule has 1 heterocycles. The number of hydrogen-bond donors (Lipinski definition) is 4. The third-order valence-corrected chi connectivity index (χ3v) is 6.18. The van der Waals surface area contributed by atoms with Crippen molar-refractivity contribution in [3.63, 3.8) is 0 Å². The first-order valence-corrected chi connectivity index (χ1v) is 10.4. The topological polar surface area (TPSA) is 133 Å². The number of aliphatic carboxylic acids is 1. The first-order chi connectivity index (χ1) is 15.7. The summed E-state index contributed by atoms with van der Waals surface area (Å²) in [7, 11) is 0. The van der Waals surface area contributed by atoms with E-state index in [1.807, 2.05) is 0 Å². The SMILES string of the molecule is O=C(N[C@]1(Cc2ccc(-c3cc(Cl)ccc3F)cc2)C[C@@](CO)(C(=O)O)C1)c1cc(O)no1. The Hall–Kier alpha value is -3.43. The molecule has 3 aromatic rings. The third kappa shape index (κ3) is 4.42. The van der Waals surface area contributed by atoms with Crippen LogP contribution >= 0.6 is 11.6 Å². The summed E-state index contributed by atoms with van der Waals surface area (Å²) in [6.07, 6.45) is 0.233. The quantitative estimate of drug-likeness (QED) is 0.412. The smallest absolute Gasteiger partial charge is 0.312 e. The maximum atomic E-state index is 14.2. The number of benzene rings is 2. The fourth-order valence-electron chi connectivity index (χ4n) is 4.42. The Balaban J connectivity index is 1.58. The molecule has 1 saturated carbocycles. The van der Waals surface area contributed by atoms with Crippen LogP contribution in [0.15, 0.2) is 53.1 Å². The van der Waals surface area contributed by atoms with Crippen molar-refractivity contribution in [3.8, 4) is 17.0 Å². The highest BCUT2D eigenvalue weighted by atomic mass is 35.5. The average Bonchev–Trinajstić information content (AvgIpc) is 3.20. The van der Waals surface area contributed by atoms with Gasteiger partial charge in [-0.25, -0.2) is 4.39 Å². The highest BCUT2D eigenvalue weighted by Gasteiger charge is 2.59. The van der Waals surface area contributed by atoms with E-state index in [1.165, 1.54) is 18.2 Å². The van der Waals surface area contributed by atoms with E-state index in [0.29, 0.717) is 16.1 Å². The number of nitrogens with zero attached hydrogens (tertiary/aromatic N) is 1. The minimum Gasteiger partial charge on any atom is -0.491 e. The molecule has 33 heavy (non-hydrogen) atoms. The predicted molar refractivity (Wildman–Crippen MR) is 115 cm³/mol. The zero-order chi connectivity index (χ0) is 23.8. The molecule has 0 radical (unpaired) electrons. The van der Waals surface area contributed by atoms with Crippen LogP contribution in [-0.2, 0) is 11.2 Å². The number of nitrogens with one attached hydrogen (secondary N) is 1. The number of amides is 1. The molecule has 2 aromatic carbocycles. The molecule has 0 bridgehead atoms. The van der Waals surface area contributed by atoms with E-state index >= 15 is 0 Å². The minimum absolute atomic E-state index is 0.0115. The molecule has 0 aliphatic heterocycles. The van der Waals surface area contributed by atoms with Crippen molar-refractivity contribution in [1.82, 2.24) is 10.5 Å². The molecular weight excluding hydrogens is 455 g/mol. The molecule has 4 rings (SSSR count). The molecule has 0 atom stereocenters.